The summed E-state index contributed by atoms with van der Waals surface area (Å²) in [6.07, 6.45) is 1.83. The predicted molar refractivity (Wildman–Crippen MR) is 61.9 cm³/mol. The Kier molecular flexibility index (Phi) is 2.37. The molecule has 2 aromatic rings. The Morgan fingerprint density at radius 2 is 2.41 bits per heavy atom. The minimum Gasteiger partial charge on any atom is -0.312 e. The maximum Gasteiger partial charge on any atom is 0.324 e. The van der Waals surface area contributed by atoms with E-state index in [2.05, 4.69) is 15.6 Å². The van der Waals surface area contributed by atoms with Crippen molar-refractivity contribution in [3.63, 3.8) is 0 Å². The molecule has 1 aliphatic heterocycles. The van der Waals surface area contributed by atoms with Gasteiger partial charge in [-0.25, -0.2) is 4.68 Å². The van der Waals surface area contributed by atoms with Gasteiger partial charge in [-0.3, -0.25) is 10.1 Å². The lowest BCUT2D eigenvalue weighted by Crippen LogP contribution is -2.43. The number of nitro groups is 1. The Morgan fingerprint density at radius 3 is 3.00 bits per heavy atom. The van der Waals surface area contributed by atoms with Crippen LogP contribution in [0.4, 0.5) is 5.00 Å². The Hall–Kier alpha value is -1.80. The van der Waals surface area contributed by atoms with Gasteiger partial charge in [0.25, 0.3) is 0 Å². The fraction of sp³-hybridized carbons (Fsp3) is 0.333. The molecule has 3 heterocycles. The molecule has 0 radical (unpaired) electrons. The Labute approximate surface area is 100 Å². The van der Waals surface area contributed by atoms with Crippen molar-refractivity contribution in [3.8, 4) is 11.3 Å². The van der Waals surface area contributed by atoms with E-state index < -0.39 is 4.92 Å². The van der Waals surface area contributed by atoms with E-state index in [4.69, 9.17) is 0 Å². The molecule has 0 aromatic carbocycles. The van der Waals surface area contributed by atoms with Gasteiger partial charge >= 0.3 is 5.00 Å². The molecule has 1 N–H and O–H groups in total. The number of nitrogens with zero attached hydrogens (tertiary/aromatic N) is 4. The van der Waals surface area contributed by atoms with Crippen LogP contribution in [0, 0.1) is 10.1 Å². The summed E-state index contributed by atoms with van der Waals surface area (Å²) in [4.78, 5) is 10.2. The van der Waals surface area contributed by atoms with Gasteiger partial charge in [0.05, 0.1) is 17.2 Å². The molecule has 0 aliphatic carbocycles. The maximum atomic E-state index is 10.6. The summed E-state index contributed by atoms with van der Waals surface area (Å²) in [7, 11) is 0. The normalized spacial score (nSPS) is 15.8. The van der Waals surface area contributed by atoms with Crippen molar-refractivity contribution in [3.05, 3.63) is 27.8 Å². The van der Waals surface area contributed by atoms with E-state index in [1.807, 2.05) is 6.20 Å². The van der Waals surface area contributed by atoms with Gasteiger partial charge in [-0.1, -0.05) is 16.6 Å². The second-order valence-corrected chi connectivity index (χ2v) is 4.72. The molecule has 0 bridgehead atoms. The first-order valence-electron chi connectivity index (χ1n) is 5.10. The zero-order valence-corrected chi connectivity index (χ0v) is 9.55. The zero-order valence-electron chi connectivity index (χ0n) is 8.74. The summed E-state index contributed by atoms with van der Waals surface area (Å²) >= 11 is 1.10. The molecular formula is C9H9N5O2S. The molecule has 8 heteroatoms. The molecule has 88 valence electrons. The number of thiophene rings is 1. The Balaban J connectivity index is 1.87. The van der Waals surface area contributed by atoms with Crippen LogP contribution in [-0.2, 0) is 0 Å². The summed E-state index contributed by atoms with van der Waals surface area (Å²) in [6.45, 7) is 1.79. The standard InChI is InChI=1S/C9H9N5O2S/c15-14(16)9-1-6(5-17-9)8-4-13(12-11-8)7-2-10-3-7/h1,4-5,7,10H,2-3H2. The van der Waals surface area contributed by atoms with Crippen molar-refractivity contribution < 1.29 is 4.92 Å². The SMILES string of the molecule is O=[N+]([O-])c1cc(-c2cn(C3CNC3)nn2)cs1. The molecule has 3 rings (SSSR count). The van der Waals surface area contributed by atoms with Crippen LogP contribution in [-0.4, -0.2) is 33.0 Å². The first-order valence-corrected chi connectivity index (χ1v) is 5.98. The van der Waals surface area contributed by atoms with Gasteiger partial charge in [0.1, 0.15) is 5.69 Å². The van der Waals surface area contributed by atoms with Gasteiger partial charge in [0.15, 0.2) is 0 Å². The highest BCUT2D eigenvalue weighted by Crippen LogP contribution is 2.29. The number of hydrogen-bond acceptors (Lipinski definition) is 6. The van der Waals surface area contributed by atoms with Crippen LogP contribution in [0.5, 0.6) is 0 Å². The highest BCUT2D eigenvalue weighted by Gasteiger charge is 2.21. The Morgan fingerprint density at radius 1 is 1.59 bits per heavy atom. The van der Waals surface area contributed by atoms with Gasteiger partial charge in [-0.05, 0) is 0 Å². The van der Waals surface area contributed by atoms with Gasteiger partial charge in [0, 0.05) is 30.1 Å². The highest BCUT2D eigenvalue weighted by atomic mass is 32.1. The molecule has 0 atom stereocenters. The average Bonchev–Trinajstić information content (AvgIpc) is 2.80. The van der Waals surface area contributed by atoms with E-state index in [0.717, 1.165) is 30.0 Å². The first-order chi connectivity index (χ1) is 8.24. The summed E-state index contributed by atoms with van der Waals surface area (Å²) < 4.78 is 1.80. The van der Waals surface area contributed by atoms with Crippen LogP contribution >= 0.6 is 11.3 Å². The van der Waals surface area contributed by atoms with Crippen LogP contribution < -0.4 is 5.32 Å². The third kappa shape index (κ3) is 1.81. The van der Waals surface area contributed by atoms with Crippen molar-refractivity contribution in [2.24, 2.45) is 0 Å². The molecule has 2 aromatic heterocycles. The summed E-state index contributed by atoms with van der Waals surface area (Å²) in [5.41, 5.74) is 1.43. The summed E-state index contributed by atoms with van der Waals surface area (Å²) in [5, 5.41) is 23.6. The van der Waals surface area contributed by atoms with E-state index in [9.17, 15) is 10.1 Å². The van der Waals surface area contributed by atoms with Crippen LogP contribution in [0.2, 0.25) is 0 Å². The minimum absolute atomic E-state index is 0.125. The quantitative estimate of drug-likeness (QED) is 0.651. The van der Waals surface area contributed by atoms with Crippen molar-refractivity contribution >= 4 is 16.3 Å². The van der Waals surface area contributed by atoms with Crippen molar-refractivity contribution in [1.82, 2.24) is 20.3 Å². The average molecular weight is 251 g/mol. The van der Waals surface area contributed by atoms with Crippen molar-refractivity contribution in [2.75, 3.05) is 13.1 Å². The molecule has 1 fully saturated rings. The third-order valence-electron chi connectivity index (χ3n) is 2.71. The van der Waals surface area contributed by atoms with E-state index in [1.165, 1.54) is 6.07 Å². The number of aromatic nitrogens is 3. The van der Waals surface area contributed by atoms with Crippen LogP contribution in [0.1, 0.15) is 6.04 Å². The third-order valence-corrected chi connectivity index (χ3v) is 3.59. The fourth-order valence-corrected chi connectivity index (χ4v) is 2.32. The molecule has 17 heavy (non-hydrogen) atoms. The zero-order chi connectivity index (χ0) is 11.8. The number of hydrogen-bond donors (Lipinski definition) is 1. The molecule has 1 aliphatic rings. The van der Waals surface area contributed by atoms with Crippen LogP contribution in [0.15, 0.2) is 17.6 Å². The van der Waals surface area contributed by atoms with Crippen molar-refractivity contribution in [1.29, 1.82) is 0 Å². The van der Waals surface area contributed by atoms with E-state index in [1.54, 1.807) is 10.1 Å². The molecule has 0 amide bonds. The van der Waals surface area contributed by atoms with E-state index >= 15 is 0 Å². The molecule has 0 saturated carbocycles. The van der Waals surface area contributed by atoms with E-state index in [0.29, 0.717) is 11.7 Å². The fourth-order valence-electron chi connectivity index (χ4n) is 1.60. The topological polar surface area (TPSA) is 85.9 Å². The van der Waals surface area contributed by atoms with Crippen LogP contribution in [0.3, 0.4) is 0 Å². The molecule has 0 spiro atoms. The van der Waals surface area contributed by atoms with E-state index in [-0.39, 0.29) is 5.00 Å². The van der Waals surface area contributed by atoms with Crippen LogP contribution in [0.25, 0.3) is 11.3 Å². The second-order valence-electron chi connectivity index (χ2n) is 3.83. The lowest BCUT2D eigenvalue weighted by Gasteiger charge is -2.26. The van der Waals surface area contributed by atoms with Gasteiger partial charge in [0.2, 0.25) is 0 Å². The van der Waals surface area contributed by atoms with Gasteiger partial charge < -0.3 is 5.32 Å². The monoisotopic (exact) mass is 251 g/mol. The number of nitrogens with one attached hydrogen (secondary N) is 1. The maximum absolute atomic E-state index is 10.6. The summed E-state index contributed by atoms with van der Waals surface area (Å²) in [6, 6.07) is 1.88. The summed E-state index contributed by atoms with van der Waals surface area (Å²) in [5.74, 6) is 0. The minimum atomic E-state index is -0.394. The second kappa shape index (κ2) is 3.90. The largest absolute Gasteiger partial charge is 0.324 e. The Bertz CT molecular complexity index is 559. The predicted octanol–water partition coefficient (Wildman–Crippen LogP) is 1.06. The lowest BCUT2D eigenvalue weighted by molar-refractivity contribution is -0.380. The van der Waals surface area contributed by atoms with Crippen molar-refractivity contribution in [2.45, 2.75) is 6.04 Å². The molecule has 1 saturated heterocycles. The first kappa shape index (κ1) is 10.4. The molecular weight excluding hydrogens is 242 g/mol. The highest BCUT2D eigenvalue weighted by molar-refractivity contribution is 7.13. The molecule has 7 nitrogen and oxygen atoms in total. The number of rotatable bonds is 3. The smallest absolute Gasteiger partial charge is 0.312 e. The van der Waals surface area contributed by atoms with Gasteiger partial charge in [-0.2, -0.15) is 0 Å². The van der Waals surface area contributed by atoms with Gasteiger partial charge in [-0.15, -0.1) is 5.10 Å². The lowest BCUT2D eigenvalue weighted by atomic mass is 10.2. The molecule has 0 unspecified atom stereocenters.